The van der Waals surface area contributed by atoms with Gasteiger partial charge in [-0.25, -0.2) is 0 Å². The highest BCUT2D eigenvalue weighted by Gasteiger charge is 2.45. The molecule has 146 valence electrons. The second-order valence-electron chi connectivity index (χ2n) is 7.17. The van der Waals surface area contributed by atoms with Crippen LogP contribution in [-0.4, -0.2) is 20.3 Å². The van der Waals surface area contributed by atoms with Crippen molar-refractivity contribution in [3.8, 4) is 5.75 Å². The van der Waals surface area contributed by atoms with Crippen LogP contribution in [-0.2, 0) is 13.6 Å². The molecule has 1 saturated heterocycles. The second-order valence-corrected chi connectivity index (χ2v) is 10.1. The minimum absolute atomic E-state index is 0.221. The maximum absolute atomic E-state index is 13.7. The SMILES string of the molecule is COc1c(Cl)cc(Cl)cc1[C@H](Nc1ccccc1)P1(=O)OCC(C)(C)CO1. The van der Waals surface area contributed by atoms with Crippen LogP contribution in [0.5, 0.6) is 5.75 Å². The average Bonchev–Trinajstić information content (AvgIpc) is 2.63. The maximum Gasteiger partial charge on any atom is 0.357 e. The summed E-state index contributed by atoms with van der Waals surface area (Å²) in [5.41, 5.74) is 1.05. The summed E-state index contributed by atoms with van der Waals surface area (Å²) in [6.45, 7) is 4.61. The quantitative estimate of drug-likeness (QED) is 0.558. The molecule has 5 nitrogen and oxygen atoms in total. The first-order chi connectivity index (χ1) is 12.7. The molecule has 0 aliphatic carbocycles. The third kappa shape index (κ3) is 4.61. The van der Waals surface area contributed by atoms with Crippen molar-refractivity contribution in [3.05, 3.63) is 58.1 Å². The molecule has 1 aliphatic heterocycles. The maximum atomic E-state index is 13.7. The van der Waals surface area contributed by atoms with Crippen molar-refractivity contribution in [1.29, 1.82) is 0 Å². The van der Waals surface area contributed by atoms with Crippen LogP contribution in [0.3, 0.4) is 0 Å². The molecule has 8 heteroatoms. The fourth-order valence-corrected chi connectivity index (χ4v) is 5.63. The van der Waals surface area contributed by atoms with E-state index >= 15 is 0 Å². The number of para-hydroxylation sites is 1. The largest absolute Gasteiger partial charge is 0.495 e. The summed E-state index contributed by atoms with van der Waals surface area (Å²) >= 11 is 12.5. The molecule has 3 rings (SSSR count). The minimum Gasteiger partial charge on any atom is -0.495 e. The number of nitrogens with one attached hydrogen (secondary N) is 1. The van der Waals surface area contributed by atoms with Crippen LogP contribution in [0.25, 0.3) is 0 Å². The molecule has 0 aromatic heterocycles. The van der Waals surface area contributed by atoms with E-state index in [9.17, 15) is 4.57 Å². The molecule has 0 bridgehead atoms. The van der Waals surface area contributed by atoms with Crippen molar-refractivity contribution in [2.24, 2.45) is 5.41 Å². The first-order valence-electron chi connectivity index (χ1n) is 8.47. The smallest absolute Gasteiger partial charge is 0.357 e. The fourth-order valence-electron chi connectivity index (χ4n) is 2.78. The zero-order valence-corrected chi connectivity index (χ0v) is 17.8. The van der Waals surface area contributed by atoms with Crippen molar-refractivity contribution in [2.45, 2.75) is 19.6 Å². The van der Waals surface area contributed by atoms with E-state index in [-0.39, 0.29) is 5.41 Å². The lowest BCUT2D eigenvalue weighted by atomic mass is 9.97. The van der Waals surface area contributed by atoms with Gasteiger partial charge in [0.15, 0.2) is 5.78 Å². The molecule has 1 aliphatic rings. The van der Waals surface area contributed by atoms with Gasteiger partial charge in [0.25, 0.3) is 0 Å². The molecule has 0 spiro atoms. The Morgan fingerprint density at radius 2 is 1.78 bits per heavy atom. The Morgan fingerprint density at radius 3 is 2.37 bits per heavy atom. The Labute approximate surface area is 169 Å². The molecule has 0 saturated carbocycles. The first-order valence-corrected chi connectivity index (χ1v) is 10.8. The number of benzene rings is 2. The third-order valence-corrected chi connectivity index (χ3v) is 6.72. The van der Waals surface area contributed by atoms with Gasteiger partial charge in [-0.15, -0.1) is 0 Å². The summed E-state index contributed by atoms with van der Waals surface area (Å²) in [6, 6.07) is 12.6. The Balaban J connectivity index is 2.08. The van der Waals surface area contributed by atoms with Gasteiger partial charge in [-0.1, -0.05) is 55.2 Å². The van der Waals surface area contributed by atoms with Crippen LogP contribution in [0.4, 0.5) is 5.69 Å². The Bertz CT molecular complexity index is 846. The molecule has 2 aromatic rings. The predicted molar refractivity (Wildman–Crippen MR) is 109 cm³/mol. The molecular formula is C19H22Cl2NO4P. The van der Waals surface area contributed by atoms with Crippen molar-refractivity contribution >= 4 is 36.5 Å². The highest BCUT2D eigenvalue weighted by molar-refractivity contribution is 7.54. The summed E-state index contributed by atoms with van der Waals surface area (Å²) in [6.07, 6.45) is 0. The minimum atomic E-state index is -3.58. The van der Waals surface area contributed by atoms with Gasteiger partial charge < -0.3 is 19.1 Å². The summed E-state index contributed by atoms with van der Waals surface area (Å²) in [5.74, 6) is -0.455. The Hall–Kier alpha value is -1.23. The first kappa shape index (κ1) is 20.5. The topological polar surface area (TPSA) is 56.8 Å². The lowest BCUT2D eigenvalue weighted by Gasteiger charge is -2.38. The second kappa shape index (κ2) is 8.02. The van der Waals surface area contributed by atoms with Gasteiger partial charge in [0, 0.05) is 21.7 Å². The number of ether oxygens (including phenoxy) is 1. The Kier molecular flexibility index (Phi) is 6.09. The van der Waals surface area contributed by atoms with Gasteiger partial charge in [-0.3, -0.25) is 4.57 Å². The average molecular weight is 430 g/mol. The van der Waals surface area contributed by atoms with Crippen LogP contribution in [0, 0.1) is 5.41 Å². The van der Waals surface area contributed by atoms with Gasteiger partial charge in [0.2, 0.25) is 0 Å². The molecule has 1 N–H and O–H groups in total. The van der Waals surface area contributed by atoms with E-state index in [1.165, 1.54) is 7.11 Å². The third-order valence-electron chi connectivity index (χ3n) is 4.20. The highest BCUT2D eigenvalue weighted by atomic mass is 35.5. The van der Waals surface area contributed by atoms with E-state index in [4.69, 9.17) is 37.0 Å². The van der Waals surface area contributed by atoms with E-state index in [2.05, 4.69) is 5.32 Å². The van der Waals surface area contributed by atoms with Gasteiger partial charge in [0.05, 0.1) is 25.3 Å². The normalized spacial score (nSPS) is 19.3. The lowest BCUT2D eigenvalue weighted by molar-refractivity contribution is 0.0387. The standard InChI is InChI=1S/C19H22Cl2NO4P/c1-19(2)11-25-27(23,26-12-19)18(22-14-7-5-4-6-8-14)15-9-13(20)10-16(21)17(15)24-3/h4-10,18,22H,11-12H2,1-3H3/t18-/m1/s1. The molecule has 1 heterocycles. The number of halogens is 2. The monoisotopic (exact) mass is 429 g/mol. The van der Waals surface area contributed by atoms with Crippen LogP contribution >= 0.6 is 30.8 Å². The van der Waals surface area contributed by atoms with E-state index < -0.39 is 13.4 Å². The summed E-state index contributed by atoms with van der Waals surface area (Å²) in [5, 5.41) is 3.98. The Morgan fingerprint density at radius 1 is 1.15 bits per heavy atom. The summed E-state index contributed by atoms with van der Waals surface area (Å²) in [4.78, 5) is 0. The van der Waals surface area contributed by atoms with Gasteiger partial charge >= 0.3 is 7.60 Å². The van der Waals surface area contributed by atoms with Crippen molar-refractivity contribution in [3.63, 3.8) is 0 Å². The molecule has 1 fully saturated rings. The van der Waals surface area contributed by atoms with E-state index in [0.717, 1.165) is 5.69 Å². The van der Waals surface area contributed by atoms with E-state index in [1.54, 1.807) is 12.1 Å². The van der Waals surface area contributed by atoms with Gasteiger partial charge in [-0.2, -0.15) is 0 Å². The lowest BCUT2D eigenvalue weighted by Crippen LogP contribution is -2.32. The number of hydrogen-bond acceptors (Lipinski definition) is 5. The zero-order valence-electron chi connectivity index (χ0n) is 15.4. The summed E-state index contributed by atoms with van der Waals surface area (Å²) in [7, 11) is -2.08. The number of anilines is 1. The molecule has 0 radical (unpaired) electrons. The van der Waals surface area contributed by atoms with Crippen molar-refractivity contribution in [2.75, 3.05) is 25.6 Å². The molecule has 2 aromatic carbocycles. The molecular weight excluding hydrogens is 408 g/mol. The number of hydrogen-bond donors (Lipinski definition) is 1. The van der Waals surface area contributed by atoms with Crippen LogP contribution < -0.4 is 10.1 Å². The number of methoxy groups -OCH3 is 1. The van der Waals surface area contributed by atoms with E-state index in [1.807, 2.05) is 44.2 Å². The molecule has 0 amide bonds. The molecule has 0 unspecified atom stereocenters. The van der Waals surface area contributed by atoms with E-state index in [0.29, 0.717) is 34.6 Å². The van der Waals surface area contributed by atoms with Crippen LogP contribution in [0.15, 0.2) is 42.5 Å². The predicted octanol–water partition coefficient (Wildman–Crippen LogP) is 6.38. The zero-order chi connectivity index (χ0) is 19.7. The van der Waals surface area contributed by atoms with Gasteiger partial charge in [-0.05, 0) is 24.3 Å². The van der Waals surface area contributed by atoms with Crippen LogP contribution in [0.2, 0.25) is 10.0 Å². The molecule has 1 atom stereocenters. The number of rotatable bonds is 5. The van der Waals surface area contributed by atoms with Crippen molar-refractivity contribution in [1.82, 2.24) is 0 Å². The molecule has 27 heavy (non-hydrogen) atoms. The van der Waals surface area contributed by atoms with Crippen molar-refractivity contribution < 1.29 is 18.3 Å². The van der Waals surface area contributed by atoms with Gasteiger partial charge in [0.1, 0.15) is 5.75 Å². The summed E-state index contributed by atoms with van der Waals surface area (Å²) < 4.78 is 30.7. The van der Waals surface area contributed by atoms with Crippen LogP contribution in [0.1, 0.15) is 25.2 Å². The fraction of sp³-hybridized carbons (Fsp3) is 0.368. The highest BCUT2D eigenvalue weighted by Crippen LogP contribution is 2.65.